The van der Waals surface area contributed by atoms with E-state index in [0.29, 0.717) is 5.92 Å². The number of rotatable bonds is 3. The smallest absolute Gasteiger partial charge is 0.0540 e. The molecule has 2 unspecified atom stereocenters. The molecular weight excluding hydrogens is 228 g/mol. The van der Waals surface area contributed by atoms with Crippen molar-refractivity contribution in [1.29, 1.82) is 0 Å². The van der Waals surface area contributed by atoms with E-state index in [1.807, 2.05) is 19.1 Å². The van der Waals surface area contributed by atoms with Gasteiger partial charge in [0.25, 0.3) is 0 Å². The van der Waals surface area contributed by atoms with Crippen molar-refractivity contribution < 1.29 is 5.11 Å². The van der Waals surface area contributed by atoms with Crippen molar-refractivity contribution in [1.82, 2.24) is 0 Å². The fraction of sp³-hybridized carbons (Fsp3) is 0.455. The van der Waals surface area contributed by atoms with E-state index in [1.54, 1.807) is 0 Å². The van der Waals surface area contributed by atoms with E-state index in [-0.39, 0.29) is 6.10 Å². The SMILES string of the molecule is CC(O)C(C)Cc1cccc(Br)c1. The zero-order chi connectivity index (χ0) is 9.84. The number of benzene rings is 1. The summed E-state index contributed by atoms with van der Waals surface area (Å²) >= 11 is 3.43. The second-order valence-electron chi connectivity index (χ2n) is 3.55. The molecule has 0 aliphatic carbocycles. The van der Waals surface area contributed by atoms with Gasteiger partial charge in [-0.2, -0.15) is 0 Å². The lowest BCUT2D eigenvalue weighted by Crippen LogP contribution is -2.15. The van der Waals surface area contributed by atoms with Crippen LogP contribution in [0.5, 0.6) is 0 Å². The first-order chi connectivity index (χ1) is 6.09. The maximum atomic E-state index is 9.34. The molecule has 1 rings (SSSR count). The highest BCUT2D eigenvalue weighted by Crippen LogP contribution is 2.16. The Morgan fingerprint density at radius 3 is 2.62 bits per heavy atom. The molecule has 2 heteroatoms. The number of hydrogen-bond acceptors (Lipinski definition) is 1. The van der Waals surface area contributed by atoms with Gasteiger partial charge in [0.2, 0.25) is 0 Å². The molecule has 2 atom stereocenters. The highest BCUT2D eigenvalue weighted by Gasteiger charge is 2.09. The summed E-state index contributed by atoms with van der Waals surface area (Å²) in [6.07, 6.45) is 0.691. The molecule has 0 radical (unpaired) electrons. The van der Waals surface area contributed by atoms with Gasteiger partial charge in [-0.1, -0.05) is 35.0 Å². The van der Waals surface area contributed by atoms with Gasteiger partial charge in [0.15, 0.2) is 0 Å². The monoisotopic (exact) mass is 242 g/mol. The van der Waals surface area contributed by atoms with Crippen LogP contribution in [-0.4, -0.2) is 11.2 Å². The molecule has 1 nitrogen and oxygen atoms in total. The summed E-state index contributed by atoms with van der Waals surface area (Å²) in [4.78, 5) is 0. The first kappa shape index (κ1) is 10.7. The molecule has 13 heavy (non-hydrogen) atoms. The number of aliphatic hydroxyl groups is 1. The third-order valence-electron chi connectivity index (χ3n) is 2.27. The topological polar surface area (TPSA) is 20.2 Å². The predicted molar refractivity (Wildman–Crippen MR) is 58.7 cm³/mol. The predicted octanol–water partition coefficient (Wildman–Crippen LogP) is 3.01. The van der Waals surface area contributed by atoms with Crippen LogP contribution in [0.4, 0.5) is 0 Å². The molecule has 72 valence electrons. The maximum absolute atomic E-state index is 9.34. The molecule has 1 N–H and O–H groups in total. The van der Waals surface area contributed by atoms with Crippen LogP contribution in [0.2, 0.25) is 0 Å². The van der Waals surface area contributed by atoms with Gasteiger partial charge in [0.05, 0.1) is 6.10 Å². The van der Waals surface area contributed by atoms with Crippen LogP contribution >= 0.6 is 15.9 Å². The van der Waals surface area contributed by atoms with E-state index in [2.05, 4.69) is 35.0 Å². The van der Waals surface area contributed by atoms with Crippen molar-refractivity contribution >= 4 is 15.9 Å². The molecule has 0 aliphatic rings. The Morgan fingerprint density at radius 2 is 2.08 bits per heavy atom. The summed E-state index contributed by atoms with van der Waals surface area (Å²) in [6, 6.07) is 8.22. The van der Waals surface area contributed by atoms with Crippen LogP contribution in [0.3, 0.4) is 0 Å². The lowest BCUT2D eigenvalue weighted by atomic mass is 9.97. The molecule has 0 heterocycles. The Hall–Kier alpha value is -0.340. The van der Waals surface area contributed by atoms with Gasteiger partial charge in [-0.15, -0.1) is 0 Å². The van der Waals surface area contributed by atoms with Gasteiger partial charge in [-0.25, -0.2) is 0 Å². The minimum atomic E-state index is -0.237. The minimum absolute atomic E-state index is 0.237. The van der Waals surface area contributed by atoms with E-state index in [0.717, 1.165) is 10.9 Å². The van der Waals surface area contributed by atoms with Gasteiger partial charge < -0.3 is 5.11 Å². The van der Waals surface area contributed by atoms with Crippen LogP contribution in [0.15, 0.2) is 28.7 Å². The van der Waals surface area contributed by atoms with Gasteiger partial charge >= 0.3 is 0 Å². The second kappa shape index (κ2) is 4.77. The fourth-order valence-electron chi connectivity index (χ4n) is 1.21. The van der Waals surface area contributed by atoms with Gasteiger partial charge in [-0.05, 0) is 37.0 Å². The Kier molecular flexibility index (Phi) is 3.94. The summed E-state index contributed by atoms with van der Waals surface area (Å²) in [5, 5.41) is 9.34. The van der Waals surface area contributed by atoms with Gasteiger partial charge in [0.1, 0.15) is 0 Å². The largest absolute Gasteiger partial charge is 0.393 e. The van der Waals surface area contributed by atoms with Crippen molar-refractivity contribution in [2.75, 3.05) is 0 Å². The molecule has 0 fully saturated rings. The van der Waals surface area contributed by atoms with Gasteiger partial charge in [-0.3, -0.25) is 0 Å². The third kappa shape index (κ3) is 3.49. The first-order valence-corrected chi connectivity index (χ1v) is 5.31. The molecule has 0 aliphatic heterocycles. The number of aliphatic hydroxyl groups excluding tert-OH is 1. The van der Waals surface area contributed by atoms with Crippen molar-refractivity contribution in [3.05, 3.63) is 34.3 Å². The fourth-order valence-corrected chi connectivity index (χ4v) is 1.65. The van der Waals surface area contributed by atoms with Crippen molar-refractivity contribution in [2.24, 2.45) is 5.92 Å². The molecule has 0 saturated carbocycles. The normalized spacial score (nSPS) is 15.4. The van der Waals surface area contributed by atoms with E-state index in [4.69, 9.17) is 0 Å². The maximum Gasteiger partial charge on any atom is 0.0540 e. The highest BCUT2D eigenvalue weighted by atomic mass is 79.9. The molecule has 0 amide bonds. The number of hydrogen-bond donors (Lipinski definition) is 1. The summed E-state index contributed by atoms with van der Waals surface area (Å²) < 4.78 is 1.10. The quantitative estimate of drug-likeness (QED) is 0.865. The molecule has 1 aromatic carbocycles. The van der Waals surface area contributed by atoms with E-state index < -0.39 is 0 Å². The van der Waals surface area contributed by atoms with E-state index in [9.17, 15) is 5.11 Å². The first-order valence-electron chi connectivity index (χ1n) is 4.52. The summed E-state index contributed by atoms with van der Waals surface area (Å²) in [5.41, 5.74) is 1.27. The Morgan fingerprint density at radius 1 is 1.38 bits per heavy atom. The van der Waals surface area contributed by atoms with Gasteiger partial charge in [0, 0.05) is 4.47 Å². The average Bonchev–Trinajstić information content (AvgIpc) is 2.04. The lowest BCUT2D eigenvalue weighted by Gasteiger charge is -2.14. The molecule has 0 aromatic heterocycles. The van der Waals surface area contributed by atoms with Crippen molar-refractivity contribution in [3.8, 4) is 0 Å². The Bertz CT molecular complexity index is 271. The van der Waals surface area contributed by atoms with Crippen LogP contribution in [0, 0.1) is 5.92 Å². The van der Waals surface area contributed by atoms with Crippen LogP contribution in [0.25, 0.3) is 0 Å². The number of halogens is 1. The summed E-state index contributed by atoms with van der Waals surface area (Å²) in [5.74, 6) is 0.314. The Labute approximate surface area is 87.9 Å². The average molecular weight is 243 g/mol. The van der Waals surface area contributed by atoms with E-state index >= 15 is 0 Å². The molecule has 1 aromatic rings. The van der Waals surface area contributed by atoms with Crippen LogP contribution in [0.1, 0.15) is 19.4 Å². The molecular formula is C11H15BrO. The molecule has 0 saturated heterocycles. The van der Waals surface area contributed by atoms with Crippen LogP contribution < -0.4 is 0 Å². The molecule has 0 spiro atoms. The van der Waals surface area contributed by atoms with E-state index in [1.165, 1.54) is 5.56 Å². The highest BCUT2D eigenvalue weighted by molar-refractivity contribution is 9.10. The van der Waals surface area contributed by atoms with Crippen molar-refractivity contribution in [3.63, 3.8) is 0 Å². The van der Waals surface area contributed by atoms with Crippen LogP contribution in [-0.2, 0) is 6.42 Å². The second-order valence-corrected chi connectivity index (χ2v) is 4.47. The summed E-state index contributed by atoms with van der Waals surface area (Å²) in [7, 11) is 0. The van der Waals surface area contributed by atoms with Crippen molar-refractivity contribution in [2.45, 2.75) is 26.4 Å². The Balaban J connectivity index is 2.64. The zero-order valence-electron chi connectivity index (χ0n) is 8.00. The lowest BCUT2D eigenvalue weighted by molar-refractivity contribution is 0.135. The molecule has 0 bridgehead atoms. The standard InChI is InChI=1S/C11H15BrO/c1-8(9(2)13)6-10-4-3-5-11(12)7-10/h3-5,7-9,13H,6H2,1-2H3. The summed E-state index contributed by atoms with van der Waals surface area (Å²) in [6.45, 7) is 3.90. The third-order valence-corrected chi connectivity index (χ3v) is 2.76. The minimum Gasteiger partial charge on any atom is -0.393 e. The zero-order valence-corrected chi connectivity index (χ0v) is 9.58.